The van der Waals surface area contributed by atoms with Gasteiger partial charge in [0.15, 0.2) is 0 Å². The molecule has 0 aliphatic carbocycles. The minimum absolute atomic E-state index is 0.737. The summed E-state index contributed by atoms with van der Waals surface area (Å²) in [5.74, 6) is 0. The van der Waals surface area contributed by atoms with E-state index < -0.39 is 0 Å². The lowest BCUT2D eigenvalue weighted by molar-refractivity contribution is 0.994. The van der Waals surface area contributed by atoms with Crippen molar-refractivity contribution in [3.8, 4) is 12.5 Å². The zero-order chi connectivity index (χ0) is 11.2. The van der Waals surface area contributed by atoms with Gasteiger partial charge in [-0.25, -0.2) is 0 Å². The molecule has 0 heterocycles. The number of para-hydroxylation sites is 1. The monoisotopic (exact) mass is 207 g/mol. The standard InChI is InChI=1S/C15H13N/c1-2-16(15-11-7-4-8-12-15)13-14-9-5-3-6-10-14/h1,3-12H,13H2. The van der Waals surface area contributed by atoms with Crippen LogP contribution in [0.15, 0.2) is 60.7 Å². The lowest BCUT2D eigenvalue weighted by Crippen LogP contribution is -2.15. The van der Waals surface area contributed by atoms with E-state index in [9.17, 15) is 0 Å². The SMILES string of the molecule is C#CN(Cc1ccccc1)c1ccccc1. The van der Waals surface area contributed by atoms with Crippen LogP contribution >= 0.6 is 0 Å². The van der Waals surface area contributed by atoms with Crippen molar-refractivity contribution in [2.24, 2.45) is 0 Å². The minimum Gasteiger partial charge on any atom is -0.297 e. The Balaban J connectivity index is 2.17. The van der Waals surface area contributed by atoms with E-state index >= 15 is 0 Å². The Labute approximate surface area is 96.3 Å². The second-order valence-corrected chi connectivity index (χ2v) is 3.54. The van der Waals surface area contributed by atoms with Crippen LogP contribution in [0, 0.1) is 12.5 Å². The van der Waals surface area contributed by atoms with E-state index in [2.05, 4.69) is 18.2 Å². The Morgan fingerprint density at radius 3 is 2.00 bits per heavy atom. The van der Waals surface area contributed by atoms with Crippen molar-refractivity contribution in [1.29, 1.82) is 0 Å². The van der Waals surface area contributed by atoms with Crippen molar-refractivity contribution in [3.05, 3.63) is 66.2 Å². The van der Waals surface area contributed by atoms with Crippen molar-refractivity contribution in [2.75, 3.05) is 4.90 Å². The van der Waals surface area contributed by atoms with Gasteiger partial charge in [-0.1, -0.05) is 55.0 Å². The highest BCUT2D eigenvalue weighted by Crippen LogP contribution is 2.15. The van der Waals surface area contributed by atoms with Crippen LogP contribution in [-0.4, -0.2) is 0 Å². The molecule has 0 aliphatic heterocycles. The van der Waals surface area contributed by atoms with Crippen LogP contribution in [0.5, 0.6) is 0 Å². The van der Waals surface area contributed by atoms with Crippen LogP contribution in [0.1, 0.15) is 5.56 Å². The Kier molecular flexibility index (Phi) is 3.25. The molecule has 2 rings (SSSR count). The molecule has 0 atom stereocenters. The topological polar surface area (TPSA) is 3.24 Å². The maximum absolute atomic E-state index is 5.53. The Bertz CT molecular complexity index is 468. The summed E-state index contributed by atoms with van der Waals surface area (Å²) in [6.45, 7) is 0.737. The molecule has 1 nitrogen and oxygen atoms in total. The Hall–Kier alpha value is -2.20. The summed E-state index contributed by atoms with van der Waals surface area (Å²) < 4.78 is 0. The fourth-order valence-corrected chi connectivity index (χ4v) is 1.59. The third-order valence-corrected chi connectivity index (χ3v) is 2.41. The maximum atomic E-state index is 5.53. The van der Waals surface area contributed by atoms with Crippen molar-refractivity contribution in [3.63, 3.8) is 0 Å². The number of nitrogens with zero attached hydrogens (tertiary/aromatic N) is 1. The first-order valence-electron chi connectivity index (χ1n) is 5.23. The maximum Gasteiger partial charge on any atom is 0.0565 e. The number of benzene rings is 2. The third-order valence-electron chi connectivity index (χ3n) is 2.41. The van der Waals surface area contributed by atoms with Crippen LogP contribution in [-0.2, 0) is 6.54 Å². The smallest absolute Gasteiger partial charge is 0.0565 e. The quantitative estimate of drug-likeness (QED) is 0.551. The number of anilines is 1. The number of terminal acetylenes is 1. The molecule has 78 valence electrons. The highest BCUT2D eigenvalue weighted by atomic mass is 15.1. The molecule has 0 spiro atoms. The van der Waals surface area contributed by atoms with Crippen LogP contribution in [0.25, 0.3) is 0 Å². The summed E-state index contributed by atoms with van der Waals surface area (Å²) >= 11 is 0. The second kappa shape index (κ2) is 5.04. The predicted octanol–water partition coefficient (Wildman–Crippen LogP) is 3.28. The zero-order valence-electron chi connectivity index (χ0n) is 9.01. The van der Waals surface area contributed by atoms with E-state index in [0.29, 0.717) is 0 Å². The van der Waals surface area contributed by atoms with E-state index in [1.165, 1.54) is 5.56 Å². The third kappa shape index (κ3) is 2.43. The summed E-state index contributed by atoms with van der Waals surface area (Å²) in [4.78, 5) is 1.90. The molecular weight excluding hydrogens is 194 g/mol. The molecule has 0 bridgehead atoms. The van der Waals surface area contributed by atoms with Gasteiger partial charge in [-0.05, 0) is 17.7 Å². The number of rotatable bonds is 3. The molecule has 0 saturated carbocycles. The van der Waals surface area contributed by atoms with Gasteiger partial charge in [-0.3, -0.25) is 4.90 Å². The largest absolute Gasteiger partial charge is 0.297 e. The summed E-state index contributed by atoms with van der Waals surface area (Å²) in [5.41, 5.74) is 2.26. The highest BCUT2D eigenvalue weighted by molar-refractivity contribution is 5.51. The first kappa shape index (κ1) is 10.3. The summed E-state index contributed by atoms with van der Waals surface area (Å²) in [6, 6.07) is 22.9. The van der Waals surface area contributed by atoms with Gasteiger partial charge in [0.2, 0.25) is 0 Å². The molecule has 0 saturated heterocycles. The van der Waals surface area contributed by atoms with Crippen molar-refractivity contribution >= 4 is 5.69 Å². The molecule has 0 amide bonds. The average Bonchev–Trinajstić information content (AvgIpc) is 2.38. The van der Waals surface area contributed by atoms with Gasteiger partial charge < -0.3 is 0 Å². The van der Waals surface area contributed by atoms with Crippen molar-refractivity contribution in [1.82, 2.24) is 0 Å². The summed E-state index contributed by atoms with van der Waals surface area (Å²) in [6.07, 6.45) is 5.53. The van der Waals surface area contributed by atoms with E-state index in [1.54, 1.807) is 0 Å². The van der Waals surface area contributed by atoms with E-state index in [-0.39, 0.29) is 0 Å². The van der Waals surface area contributed by atoms with Crippen LogP contribution in [0.3, 0.4) is 0 Å². The van der Waals surface area contributed by atoms with Gasteiger partial charge in [0.1, 0.15) is 0 Å². The fraction of sp³-hybridized carbons (Fsp3) is 0.0667. The molecule has 0 radical (unpaired) electrons. The zero-order valence-corrected chi connectivity index (χ0v) is 9.01. The molecule has 16 heavy (non-hydrogen) atoms. The summed E-state index contributed by atoms with van der Waals surface area (Å²) in [5, 5.41) is 0. The molecule has 1 heteroatoms. The van der Waals surface area contributed by atoms with E-state index in [4.69, 9.17) is 6.42 Å². The van der Waals surface area contributed by atoms with Crippen LogP contribution in [0.4, 0.5) is 5.69 Å². The van der Waals surface area contributed by atoms with Gasteiger partial charge in [0.05, 0.1) is 6.54 Å². The average molecular weight is 207 g/mol. The number of hydrogen-bond donors (Lipinski definition) is 0. The van der Waals surface area contributed by atoms with Crippen LogP contribution in [0.2, 0.25) is 0 Å². The van der Waals surface area contributed by atoms with E-state index in [0.717, 1.165) is 12.2 Å². The normalized spacial score (nSPS) is 9.44. The van der Waals surface area contributed by atoms with Gasteiger partial charge in [-0.2, -0.15) is 0 Å². The number of hydrogen-bond acceptors (Lipinski definition) is 1. The molecule has 0 aromatic heterocycles. The molecule has 0 unspecified atom stereocenters. The Morgan fingerprint density at radius 1 is 0.875 bits per heavy atom. The fourth-order valence-electron chi connectivity index (χ4n) is 1.59. The van der Waals surface area contributed by atoms with Crippen LogP contribution < -0.4 is 4.90 Å². The van der Waals surface area contributed by atoms with Gasteiger partial charge in [0.25, 0.3) is 0 Å². The summed E-state index contributed by atoms with van der Waals surface area (Å²) in [7, 11) is 0. The lowest BCUT2D eigenvalue weighted by atomic mass is 10.2. The molecule has 0 N–H and O–H groups in total. The molecule has 0 aliphatic rings. The highest BCUT2D eigenvalue weighted by Gasteiger charge is 2.02. The lowest BCUT2D eigenvalue weighted by Gasteiger charge is -2.17. The van der Waals surface area contributed by atoms with Gasteiger partial charge >= 0.3 is 0 Å². The molecule has 0 fully saturated rings. The molecular formula is C15H13N. The van der Waals surface area contributed by atoms with Crippen molar-refractivity contribution in [2.45, 2.75) is 6.54 Å². The second-order valence-electron chi connectivity index (χ2n) is 3.54. The van der Waals surface area contributed by atoms with E-state index in [1.807, 2.05) is 53.4 Å². The first-order valence-corrected chi connectivity index (χ1v) is 5.23. The molecule has 2 aromatic carbocycles. The Morgan fingerprint density at radius 2 is 1.44 bits per heavy atom. The first-order chi connectivity index (χ1) is 7.90. The van der Waals surface area contributed by atoms with Crippen molar-refractivity contribution < 1.29 is 0 Å². The predicted molar refractivity (Wildman–Crippen MR) is 67.9 cm³/mol. The molecule has 2 aromatic rings. The minimum atomic E-state index is 0.737. The van der Waals surface area contributed by atoms with Gasteiger partial charge in [0, 0.05) is 11.7 Å². The van der Waals surface area contributed by atoms with Gasteiger partial charge in [-0.15, -0.1) is 0 Å².